The molecule has 200 valence electrons. The lowest BCUT2D eigenvalue weighted by molar-refractivity contribution is 1.09. The summed E-state index contributed by atoms with van der Waals surface area (Å²) in [6.45, 7) is 10.2. The average molecular weight is 523 g/mol. The molecule has 0 bridgehead atoms. The Kier molecular flexibility index (Phi) is 10.1. The number of anilines is 4. The molecule has 0 saturated heterocycles. The van der Waals surface area contributed by atoms with E-state index < -0.39 is 0 Å². The van der Waals surface area contributed by atoms with Crippen molar-refractivity contribution < 1.29 is 0 Å². The molecule has 4 rings (SSSR count). The van der Waals surface area contributed by atoms with Gasteiger partial charge >= 0.3 is 0 Å². The first-order valence-electron chi connectivity index (χ1n) is 13.9. The van der Waals surface area contributed by atoms with Crippen LogP contribution in [0.25, 0.3) is 11.1 Å². The number of nitrogens with zero attached hydrogens (tertiary/aromatic N) is 2. The van der Waals surface area contributed by atoms with Gasteiger partial charge in [0.25, 0.3) is 0 Å². The molecule has 0 aliphatic rings. The Hall–Kier alpha value is -4.82. The van der Waals surface area contributed by atoms with Crippen LogP contribution in [0.3, 0.4) is 0 Å². The van der Waals surface area contributed by atoms with Crippen LogP contribution in [-0.4, -0.2) is 0 Å². The summed E-state index contributed by atoms with van der Waals surface area (Å²) in [5.74, 6) is 0. The van der Waals surface area contributed by atoms with Gasteiger partial charge in [-0.05, 0) is 98.2 Å². The Morgan fingerprint density at radius 3 is 1.50 bits per heavy atom. The number of hydrogen-bond donors (Lipinski definition) is 0. The number of allylic oxidation sites excluding steroid dienone is 7. The predicted molar refractivity (Wildman–Crippen MR) is 175 cm³/mol. The molecule has 0 N–H and O–H groups in total. The maximum Gasteiger partial charge on any atom is 0.0462 e. The van der Waals surface area contributed by atoms with E-state index in [1.807, 2.05) is 19.1 Å². The van der Waals surface area contributed by atoms with E-state index in [-0.39, 0.29) is 0 Å². The highest BCUT2D eigenvalue weighted by Gasteiger charge is 2.15. The van der Waals surface area contributed by atoms with E-state index in [1.54, 1.807) is 0 Å². The zero-order chi connectivity index (χ0) is 28.2. The topological polar surface area (TPSA) is 6.48 Å². The van der Waals surface area contributed by atoms with Crippen molar-refractivity contribution >= 4 is 22.7 Å². The number of benzene rings is 4. The fourth-order valence-electron chi connectivity index (χ4n) is 4.76. The van der Waals surface area contributed by atoms with Crippen LogP contribution in [0, 0.1) is 0 Å². The molecule has 0 atom stereocenters. The minimum atomic E-state index is 0.945. The fourth-order valence-corrected chi connectivity index (χ4v) is 4.76. The molecule has 2 nitrogen and oxygen atoms in total. The molecule has 0 aliphatic heterocycles. The largest absolute Gasteiger partial charge is 0.311 e. The van der Waals surface area contributed by atoms with Crippen molar-refractivity contribution in [2.24, 2.45) is 0 Å². The van der Waals surface area contributed by atoms with Crippen LogP contribution in [0.1, 0.15) is 27.2 Å². The lowest BCUT2D eigenvalue weighted by atomic mass is 10.0. The minimum Gasteiger partial charge on any atom is -0.311 e. The molecular weight excluding hydrogens is 484 g/mol. The van der Waals surface area contributed by atoms with Gasteiger partial charge in [-0.2, -0.15) is 0 Å². The Bertz CT molecular complexity index is 1430. The molecule has 4 aromatic carbocycles. The van der Waals surface area contributed by atoms with Gasteiger partial charge in [0.05, 0.1) is 0 Å². The van der Waals surface area contributed by atoms with Gasteiger partial charge in [0.15, 0.2) is 0 Å². The third-order valence-electron chi connectivity index (χ3n) is 6.51. The third kappa shape index (κ3) is 6.78. The molecule has 0 spiro atoms. The average Bonchev–Trinajstić information content (AvgIpc) is 3.00. The third-order valence-corrected chi connectivity index (χ3v) is 6.51. The van der Waals surface area contributed by atoms with Gasteiger partial charge in [-0.3, -0.25) is 0 Å². The normalized spacial score (nSPS) is 12.2. The Balaban J connectivity index is 1.68. The Morgan fingerprint density at radius 2 is 1.05 bits per heavy atom. The summed E-state index contributed by atoms with van der Waals surface area (Å²) in [5.41, 5.74) is 9.04. The van der Waals surface area contributed by atoms with Crippen molar-refractivity contribution in [2.45, 2.75) is 27.2 Å². The van der Waals surface area contributed by atoms with Crippen molar-refractivity contribution in [3.05, 3.63) is 170 Å². The second-order valence-corrected chi connectivity index (χ2v) is 9.30. The standard InChI is InChI=1S/C38H38N2/c1-5-15-33(16-6-2)39(34(17-7-3)18-8-4)37-27-23-31(24-28-37)32-25-29-38(30-26-32)40(35-19-11-9-12-20-35)36-21-13-10-14-22-36/h5-7,9-30H,1,8H2,2-4H3. The van der Waals surface area contributed by atoms with Crippen LogP contribution >= 0.6 is 0 Å². The van der Waals surface area contributed by atoms with E-state index in [4.69, 9.17) is 0 Å². The van der Waals surface area contributed by atoms with Crippen molar-refractivity contribution in [3.8, 4) is 11.1 Å². The summed E-state index contributed by atoms with van der Waals surface area (Å²) in [4.78, 5) is 4.55. The molecule has 0 amide bonds. The van der Waals surface area contributed by atoms with Crippen LogP contribution in [0.5, 0.6) is 0 Å². The SMILES string of the molecule is C=CC=C(C=CC)N(C(C=CC)=CCC)c1ccc(-c2ccc(N(c3ccccc3)c3ccccc3)cc2)cc1. The van der Waals surface area contributed by atoms with Gasteiger partial charge in [0, 0.05) is 34.1 Å². The lowest BCUT2D eigenvalue weighted by Gasteiger charge is -2.28. The quantitative estimate of drug-likeness (QED) is 0.181. The zero-order valence-electron chi connectivity index (χ0n) is 23.7. The van der Waals surface area contributed by atoms with Gasteiger partial charge in [-0.25, -0.2) is 0 Å². The molecule has 40 heavy (non-hydrogen) atoms. The Morgan fingerprint density at radius 1 is 0.600 bits per heavy atom. The fraction of sp³-hybridized carbons (Fsp3) is 0.105. The zero-order valence-corrected chi connectivity index (χ0v) is 23.7. The van der Waals surface area contributed by atoms with Gasteiger partial charge in [0.1, 0.15) is 0 Å². The van der Waals surface area contributed by atoms with E-state index >= 15 is 0 Å². The first kappa shape index (κ1) is 28.2. The van der Waals surface area contributed by atoms with Gasteiger partial charge in [-0.1, -0.05) is 98.5 Å². The lowest BCUT2D eigenvalue weighted by Crippen LogP contribution is -2.20. The molecule has 0 heterocycles. The minimum absolute atomic E-state index is 0.945. The maximum absolute atomic E-state index is 3.94. The number of rotatable bonds is 11. The molecule has 2 heteroatoms. The van der Waals surface area contributed by atoms with E-state index in [2.05, 4.69) is 170 Å². The van der Waals surface area contributed by atoms with Crippen molar-refractivity contribution in [1.82, 2.24) is 0 Å². The number of para-hydroxylation sites is 2. The molecule has 4 aromatic rings. The predicted octanol–water partition coefficient (Wildman–Crippen LogP) is 11.1. The van der Waals surface area contributed by atoms with Crippen molar-refractivity contribution in [1.29, 1.82) is 0 Å². The second-order valence-electron chi connectivity index (χ2n) is 9.30. The van der Waals surface area contributed by atoms with Gasteiger partial charge in [0.2, 0.25) is 0 Å². The summed E-state index contributed by atoms with van der Waals surface area (Å²) in [5, 5.41) is 0. The molecule has 0 unspecified atom stereocenters. The van der Waals surface area contributed by atoms with Crippen LogP contribution < -0.4 is 9.80 Å². The molecule has 0 aromatic heterocycles. The molecule has 0 radical (unpaired) electrons. The summed E-state index contributed by atoms with van der Waals surface area (Å²) in [6.07, 6.45) is 15.5. The van der Waals surface area contributed by atoms with Gasteiger partial charge < -0.3 is 9.80 Å². The molecule has 0 aliphatic carbocycles. The number of hydrogen-bond acceptors (Lipinski definition) is 2. The highest BCUT2D eigenvalue weighted by molar-refractivity contribution is 5.78. The van der Waals surface area contributed by atoms with E-state index in [1.165, 1.54) is 11.1 Å². The summed E-state index contributed by atoms with van der Waals surface area (Å²) >= 11 is 0. The molecule has 0 saturated carbocycles. The highest BCUT2D eigenvalue weighted by Crippen LogP contribution is 2.36. The summed E-state index contributed by atoms with van der Waals surface area (Å²) < 4.78 is 0. The first-order valence-corrected chi connectivity index (χ1v) is 13.9. The van der Waals surface area contributed by atoms with E-state index in [0.717, 1.165) is 40.6 Å². The first-order chi connectivity index (χ1) is 19.7. The Labute approximate surface area is 240 Å². The maximum atomic E-state index is 3.94. The van der Waals surface area contributed by atoms with Crippen LogP contribution in [0.2, 0.25) is 0 Å². The summed E-state index contributed by atoms with van der Waals surface area (Å²) in [7, 11) is 0. The second kappa shape index (κ2) is 14.4. The van der Waals surface area contributed by atoms with Crippen molar-refractivity contribution in [2.75, 3.05) is 9.80 Å². The van der Waals surface area contributed by atoms with E-state index in [9.17, 15) is 0 Å². The summed E-state index contributed by atoms with van der Waals surface area (Å²) in [6, 6.07) is 38.5. The van der Waals surface area contributed by atoms with Crippen molar-refractivity contribution in [3.63, 3.8) is 0 Å². The van der Waals surface area contributed by atoms with Gasteiger partial charge in [-0.15, -0.1) is 0 Å². The highest BCUT2D eigenvalue weighted by atomic mass is 15.2. The van der Waals surface area contributed by atoms with Crippen LogP contribution in [0.4, 0.5) is 22.7 Å². The van der Waals surface area contributed by atoms with Crippen LogP contribution in [-0.2, 0) is 0 Å². The smallest absolute Gasteiger partial charge is 0.0462 e. The molecule has 0 fully saturated rings. The molecular formula is C38H38N2. The van der Waals surface area contributed by atoms with E-state index in [0.29, 0.717) is 0 Å². The monoisotopic (exact) mass is 522 g/mol. The van der Waals surface area contributed by atoms with Crippen LogP contribution in [0.15, 0.2) is 170 Å².